The predicted molar refractivity (Wildman–Crippen MR) is 89.1 cm³/mol. The van der Waals surface area contributed by atoms with Gasteiger partial charge in [0, 0.05) is 0 Å². The third-order valence-corrected chi connectivity index (χ3v) is 6.10. The fourth-order valence-electron chi connectivity index (χ4n) is 2.72. The van der Waals surface area contributed by atoms with Crippen molar-refractivity contribution in [3.8, 4) is 0 Å². The molecule has 0 amide bonds. The fourth-order valence-corrected chi connectivity index (χ4v) is 4.56. The Bertz CT molecular complexity index is 579. The Morgan fingerprint density at radius 2 is 1.67 bits per heavy atom. The first-order valence-corrected chi connectivity index (χ1v) is 9.51. The first-order chi connectivity index (χ1) is 10.4. The van der Waals surface area contributed by atoms with Gasteiger partial charge < -0.3 is 0 Å². The van der Waals surface area contributed by atoms with Crippen LogP contribution in [0, 0.1) is 0 Å². The Labute approximate surface area is 133 Å². The zero-order valence-corrected chi connectivity index (χ0v) is 13.8. The average molecular weight is 343 g/mol. The van der Waals surface area contributed by atoms with Crippen LogP contribution >= 0.6 is 0 Å². The number of hydrogen-bond acceptors (Lipinski definition) is 1. The molecule has 2 aromatic carbocycles. The molecule has 0 N–H and O–H groups in total. The molecule has 0 spiro atoms. The van der Waals surface area contributed by atoms with Crippen LogP contribution in [0.2, 0.25) is 5.32 Å². The number of benzene rings is 2. The summed E-state index contributed by atoms with van der Waals surface area (Å²) in [6.45, 7) is 0.735. The van der Waals surface area contributed by atoms with E-state index < -0.39 is 0 Å². The number of rotatable bonds is 6. The summed E-state index contributed by atoms with van der Waals surface area (Å²) in [5.74, 6) is 0. The van der Waals surface area contributed by atoms with Gasteiger partial charge in [0.15, 0.2) is 0 Å². The standard InChI is InChI=1S/C19H20OSe/c1-3-9-17(10-4-1)19(13-7-15-20-19)14-8-16-21-18-11-5-2-6-12-18/h1-7,9-13H,8,14-16H2. The van der Waals surface area contributed by atoms with E-state index in [1.165, 1.54) is 21.8 Å². The van der Waals surface area contributed by atoms with Crippen molar-refractivity contribution in [3.05, 3.63) is 78.4 Å². The topological polar surface area (TPSA) is 9.23 Å². The van der Waals surface area contributed by atoms with Gasteiger partial charge >= 0.3 is 133 Å². The molecule has 21 heavy (non-hydrogen) atoms. The van der Waals surface area contributed by atoms with Gasteiger partial charge in [-0.05, 0) is 0 Å². The van der Waals surface area contributed by atoms with Crippen LogP contribution in [0.1, 0.15) is 18.4 Å². The zero-order valence-electron chi connectivity index (χ0n) is 12.1. The van der Waals surface area contributed by atoms with Gasteiger partial charge in [-0.1, -0.05) is 0 Å². The van der Waals surface area contributed by atoms with Crippen molar-refractivity contribution in [2.24, 2.45) is 0 Å². The molecule has 0 radical (unpaired) electrons. The molecule has 1 unspecified atom stereocenters. The normalized spacial score (nSPS) is 20.8. The van der Waals surface area contributed by atoms with Crippen molar-refractivity contribution in [3.63, 3.8) is 0 Å². The molecule has 0 saturated heterocycles. The van der Waals surface area contributed by atoms with E-state index in [9.17, 15) is 0 Å². The molecule has 3 rings (SSSR count). The quantitative estimate of drug-likeness (QED) is 0.442. The molecule has 0 bridgehead atoms. The second kappa shape index (κ2) is 7.08. The SMILES string of the molecule is C1=CC(CCC[Se]c2ccccc2)(c2ccccc2)OC1. The summed E-state index contributed by atoms with van der Waals surface area (Å²) in [7, 11) is 0. The van der Waals surface area contributed by atoms with Gasteiger partial charge in [0.05, 0.1) is 0 Å². The van der Waals surface area contributed by atoms with Crippen LogP contribution in [-0.2, 0) is 10.3 Å². The van der Waals surface area contributed by atoms with Crippen LogP contribution in [0.25, 0.3) is 0 Å². The summed E-state index contributed by atoms with van der Waals surface area (Å²) in [5, 5.41) is 1.27. The third-order valence-electron chi connectivity index (χ3n) is 3.79. The summed E-state index contributed by atoms with van der Waals surface area (Å²) in [6.07, 6.45) is 6.67. The van der Waals surface area contributed by atoms with Crippen LogP contribution < -0.4 is 4.46 Å². The summed E-state index contributed by atoms with van der Waals surface area (Å²) >= 11 is 0.571. The molecule has 1 aliphatic rings. The second-order valence-corrected chi connectivity index (χ2v) is 7.69. The van der Waals surface area contributed by atoms with Gasteiger partial charge in [0.1, 0.15) is 0 Å². The first-order valence-electron chi connectivity index (χ1n) is 7.44. The van der Waals surface area contributed by atoms with E-state index in [1.54, 1.807) is 0 Å². The predicted octanol–water partition coefficient (Wildman–Crippen LogP) is 3.70. The molecule has 1 nitrogen and oxygen atoms in total. The molecule has 0 aromatic heterocycles. The van der Waals surface area contributed by atoms with Crippen molar-refractivity contribution in [2.45, 2.75) is 23.8 Å². The van der Waals surface area contributed by atoms with E-state index >= 15 is 0 Å². The molecule has 1 aliphatic heterocycles. The van der Waals surface area contributed by atoms with Crippen molar-refractivity contribution in [1.29, 1.82) is 0 Å². The summed E-state index contributed by atoms with van der Waals surface area (Å²) in [4.78, 5) is 0. The molecular formula is C19H20OSe. The van der Waals surface area contributed by atoms with Crippen molar-refractivity contribution in [1.82, 2.24) is 0 Å². The maximum absolute atomic E-state index is 6.07. The van der Waals surface area contributed by atoms with Crippen molar-refractivity contribution < 1.29 is 4.74 Å². The van der Waals surface area contributed by atoms with Gasteiger partial charge in [-0.2, -0.15) is 0 Å². The van der Waals surface area contributed by atoms with E-state index in [4.69, 9.17) is 4.74 Å². The molecule has 2 aromatic rings. The minimum absolute atomic E-state index is 0.186. The van der Waals surface area contributed by atoms with E-state index in [1.807, 2.05) is 0 Å². The van der Waals surface area contributed by atoms with Gasteiger partial charge in [0.25, 0.3) is 0 Å². The van der Waals surface area contributed by atoms with Crippen molar-refractivity contribution in [2.75, 3.05) is 6.61 Å². The molecule has 1 atom stereocenters. The van der Waals surface area contributed by atoms with Gasteiger partial charge in [-0.25, -0.2) is 0 Å². The van der Waals surface area contributed by atoms with Gasteiger partial charge in [0.2, 0.25) is 0 Å². The Morgan fingerprint density at radius 1 is 0.952 bits per heavy atom. The fraction of sp³-hybridized carbons (Fsp3) is 0.263. The van der Waals surface area contributed by atoms with E-state index in [-0.39, 0.29) is 5.60 Å². The third kappa shape index (κ3) is 3.65. The van der Waals surface area contributed by atoms with Crippen LogP contribution in [0.5, 0.6) is 0 Å². The monoisotopic (exact) mass is 344 g/mol. The molecule has 0 aliphatic carbocycles. The Morgan fingerprint density at radius 3 is 2.33 bits per heavy atom. The Kier molecular flexibility index (Phi) is 4.92. The molecule has 0 fully saturated rings. The van der Waals surface area contributed by atoms with E-state index in [2.05, 4.69) is 72.8 Å². The van der Waals surface area contributed by atoms with Gasteiger partial charge in [-0.3, -0.25) is 0 Å². The van der Waals surface area contributed by atoms with Crippen molar-refractivity contribution >= 4 is 19.4 Å². The van der Waals surface area contributed by atoms with Crippen LogP contribution in [0.3, 0.4) is 0 Å². The van der Waals surface area contributed by atoms with E-state index in [0.717, 1.165) is 13.0 Å². The van der Waals surface area contributed by atoms with E-state index in [0.29, 0.717) is 15.0 Å². The van der Waals surface area contributed by atoms with Gasteiger partial charge in [-0.15, -0.1) is 0 Å². The van der Waals surface area contributed by atoms with Crippen LogP contribution in [0.4, 0.5) is 0 Å². The maximum atomic E-state index is 6.07. The Hall–Kier alpha value is -1.34. The molecule has 108 valence electrons. The summed E-state index contributed by atoms with van der Waals surface area (Å²) < 4.78 is 7.56. The van der Waals surface area contributed by atoms with Crippen LogP contribution in [0.15, 0.2) is 72.8 Å². The first kappa shape index (κ1) is 14.6. The molecule has 2 heteroatoms. The number of hydrogen-bond donors (Lipinski definition) is 0. The Balaban J connectivity index is 1.58. The molecule has 1 heterocycles. The average Bonchev–Trinajstić information content (AvgIpc) is 3.04. The zero-order chi connectivity index (χ0) is 14.4. The van der Waals surface area contributed by atoms with Crippen LogP contribution in [-0.4, -0.2) is 21.6 Å². The number of ether oxygens (including phenoxy) is 1. The summed E-state index contributed by atoms with van der Waals surface area (Å²) in [5.41, 5.74) is 1.10. The molecule has 0 saturated carbocycles. The molecular weight excluding hydrogens is 323 g/mol. The minimum atomic E-state index is -0.186. The summed E-state index contributed by atoms with van der Waals surface area (Å²) in [6, 6.07) is 21.4. The second-order valence-electron chi connectivity index (χ2n) is 5.23.